The second kappa shape index (κ2) is 7.21. The van der Waals surface area contributed by atoms with Crippen LogP contribution in [0.25, 0.3) is 5.69 Å². The van der Waals surface area contributed by atoms with Crippen molar-refractivity contribution in [2.24, 2.45) is 0 Å². The summed E-state index contributed by atoms with van der Waals surface area (Å²) >= 11 is 13.1. The van der Waals surface area contributed by atoms with Gasteiger partial charge in [0.15, 0.2) is 5.78 Å². The van der Waals surface area contributed by atoms with E-state index in [4.69, 9.17) is 23.2 Å². The average Bonchev–Trinajstić information content (AvgIpc) is 3.02. The largest absolute Gasteiger partial charge is 0.508 e. The number of aromatic nitrogens is 4. The van der Waals surface area contributed by atoms with Gasteiger partial charge >= 0.3 is 0 Å². The van der Waals surface area contributed by atoms with Crippen LogP contribution >= 0.6 is 35.0 Å². The zero-order valence-electron chi connectivity index (χ0n) is 12.1. The van der Waals surface area contributed by atoms with E-state index in [-0.39, 0.29) is 17.3 Å². The van der Waals surface area contributed by atoms with Gasteiger partial charge in [-0.15, -0.1) is 5.10 Å². The van der Waals surface area contributed by atoms with Crippen molar-refractivity contribution in [3.05, 3.63) is 58.1 Å². The van der Waals surface area contributed by atoms with Crippen molar-refractivity contribution < 1.29 is 9.90 Å². The molecule has 1 heterocycles. The molecule has 0 saturated heterocycles. The van der Waals surface area contributed by atoms with E-state index in [9.17, 15) is 9.90 Å². The molecule has 122 valence electrons. The minimum absolute atomic E-state index is 0.125. The van der Waals surface area contributed by atoms with Gasteiger partial charge in [-0.1, -0.05) is 35.0 Å². The molecule has 0 fully saturated rings. The first-order valence-electron chi connectivity index (χ1n) is 6.73. The molecule has 0 aliphatic rings. The molecule has 0 spiro atoms. The maximum atomic E-state index is 12.3. The van der Waals surface area contributed by atoms with Crippen LogP contribution in [0.15, 0.2) is 47.6 Å². The summed E-state index contributed by atoms with van der Waals surface area (Å²) in [6, 6.07) is 11.2. The van der Waals surface area contributed by atoms with Crippen molar-refractivity contribution in [2.45, 2.75) is 5.16 Å². The summed E-state index contributed by atoms with van der Waals surface area (Å²) in [4.78, 5) is 12.3. The smallest absolute Gasteiger partial charge is 0.214 e. The van der Waals surface area contributed by atoms with Crippen molar-refractivity contribution in [3.63, 3.8) is 0 Å². The van der Waals surface area contributed by atoms with Crippen molar-refractivity contribution in [3.8, 4) is 11.4 Å². The van der Waals surface area contributed by atoms with Gasteiger partial charge in [0.25, 0.3) is 0 Å². The van der Waals surface area contributed by atoms with Gasteiger partial charge in [-0.05, 0) is 52.9 Å². The molecule has 1 aromatic heterocycles. The minimum Gasteiger partial charge on any atom is -0.508 e. The molecular formula is C15H10Cl2N4O2S. The number of halogens is 2. The number of hydrogen-bond acceptors (Lipinski definition) is 6. The number of rotatable bonds is 5. The molecule has 0 aliphatic heterocycles. The fourth-order valence-corrected chi connectivity index (χ4v) is 3.24. The molecular weight excluding hydrogens is 371 g/mol. The van der Waals surface area contributed by atoms with Crippen LogP contribution in [0.3, 0.4) is 0 Å². The second-order valence-corrected chi connectivity index (χ2v) is 6.51. The third kappa shape index (κ3) is 3.69. The zero-order chi connectivity index (χ0) is 17.1. The number of phenolic OH excluding ortho intramolecular Hbond substituents is 1. The normalized spacial score (nSPS) is 10.8. The number of carbonyl (C=O) groups is 1. The first kappa shape index (κ1) is 16.8. The highest BCUT2D eigenvalue weighted by Crippen LogP contribution is 2.25. The van der Waals surface area contributed by atoms with Crippen LogP contribution < -0.4 is 0 Å². The Morgan fingerprint density at radius 1 is 1.17 bits per heavy atom. The van der Waals surface area contributed by atoms with E-state index in [0.717, 1.165) is 0 Å². The molecule has 2 aromatic carbocycles. The van der Waals surface area contributed by atoms with Gasteiger partial charge in [0.1, 0.15) is 5.75 Å². The quantitative estimate of drug-likeness (QED) is 0.537. The third-order valence-electron chi connectivity index (χ3n) is 3.10. The van der Waals surface area contributed by atoms with E-state index >= 15 is 0 Å². The summed E-state index contributed by atoms with van der Waals surface area (Å²) in [5.41, 5.74) is 1.08. The molecule has 0 unspecified atom stereocenters. The highest BCUT2D eigenvalue weighted by atomic mass is 35.5. The Kier molecular flexibility index (Phi) is 5.03. The van der Waals surface area contributed by atoms with Crippen LogP contribution in [-0.2, 0) is 0 Å². The van der Waals surface area contributed by atoms with Crippen LogP contribution in [0, 0.1) is 0 Å². The van der Waals surface area contributed by atoms with Crippen molar-refractivity contribution in [1.82, 2.24) is 20.2 Å². The molecule has 3 rings (SSSR count). The van der Waals surface area contributed by atoms with Crippen LogP contribution in [0.4, 0.5) is 0 Å². The molecule has 0 amide bonds. The van der Waals surface area contributed by atoms with E-state index in [1.54, 1.807) is 24.3 Å². The van der Waals surface area contributed by atoms with E-state index in [1.807, 2.05) is 0 Å². The predicted molar refractivity (Wildman–Crippen MR) is 92.3 cm³/mol. The Balaban J connectivity index is 1.75. The molecule has 0 radical (unpaired) electrons. The van der Waals surface area contributed by atoms with Gasteiger partial charge in [-0.2, -0.15) is 4.68 Å². The molecule has 0 atom stereocenters. The van der Waals surface area contributed by atoms with Gasteiger partial charge in [0.2, 0.25) is 5.16 Å². The number of ketones is 1. The number of aromatic hydroxyl groups is 1. The first-order valence-corrected chi connectivity index (χ1v) is 8.47. The van der Waals surface area contributed by atoms with E-state index < -0.39 is 0 Å². The number of tetrazole rings is 1. The zero-order valence-corrected chi connectivity index (χ0v) is 14.4. The van der Waals surface area contributed by atoms with Gasteiger partial charge < -0.3 is 5.11 Å². The summed E-state index contributed by atoms with van der Waals surface area (Å²) in [5, 5.41) is 22.0. The third-order valence-corrected chi connectivity index (χ3v) is 4.57. The highest BCUT2D eigenvalue weighted by molar-refractivity contribution is 7.99. The average molecular weight is 381 g/mol. The number of carbonyl (C=O) groups excluding carboxylic acids is 1. The number of phenols is 1. The summed E-state index contributed by atoms with van der Waals surface area (Å²) in [5.74, 6) is 0.121. The van der Waals surface area contributed by atoms with Gasteiger partial charge in [-0.25, -0.2) is 0 Å². The Morgan fingerprint density at radius 3 is 2.62 bits per heavy atom. The topological polar surface area (TPSA) is 80.9 Å². The molecule has 9 heteroatoms. The summed E-state index contributed by atoms with van der Waals surface area (Å²) < 4.78 is 1.49. The van der Waals surface area contributed by atoms with Crippen LogP contribution in [0.2, 0.25) is 10.0 Å². The van der Waals surface area contributed by atoms with Crippen LogP contribution in [0.1, 0.15) is 10.4 Å². The van der Waals surface area contributed by atoms with Gasteiger partial charge in [-0.3, -0.25) is 4.79 Å². The number of Topliss-reactive ketones (excluding diaryl/α,β-unsaturated/α-hetero) is 1. The van der Waals surface area contributed by atoms with E-state index in [0.29, 0.717) is 26.5 Å². The lowest BCUT2D eigenvalue weighted by atomic mass is 10.1. The predicted octanol–water partition coefficient (Wildman–Crippen LogP) is 3.65. The van der Waals surface area contributed by atoms with E-state index in [1.165, 1.54) is 34.6 Å². The first-order chi connectivity index (χ1) is 11.5. The lowest BCUT2D eigenvalue weighted by Crippen LogP contribution is -2.05. The van der Waals surface area contributed by atoms with Crippen LogP contribution in [0.5, 0.6) is 5.75 Å². The Morgan fingerprint density at radius 2 is 1.92 bits per heavy atom. The fourth-order valence-electron chi connectivity index (χ4n) is 1.95. The molecule has 1 N–H and O–H groups in total. The standard InChI is InChI=1S/C15H10Cl2N4O2S/c16-9-1-6-12(13(17)7-9)14(23)8-24-15-18-19-20-21(15)10-2-4-11(22)5-3-10/h1-7,22H,8H2. The van der Waals surface area contributed by atoms with Gasteiger partial charge in [0, 0.05) is 10.6 Å². The maximum Gasteiger partial charge on any atom is 0.214 e. The summed E-state index contributed by atoms with van der Waals surface area (Å²) in [6.45, 7) is 0. The Bertz CT molecular complexity index is 883. The lowest BCUT2D eigenvalue weighted by molar-refractivity contribution is 0.102. The number of thioether (sulfide) groups is 1. The molecule has 3 aromatic rings. The maximum absolute atomic E-state index is 12.3. The van der Waals surface area contributed by atoms with Crippen molar-refractivity contribution in [2.75, 3.05) is 5.75 Å². The number of benzene rings is 2. The SMILES string of the molecule is O=C(CSc1nnnn1-c1ccc(O)cc1)c1ccc(Cl)cc1Cl. The minimum atomic E-state index is -0.151. The van der Waals surface area contributed by atoms with Crippen LogP contribution in [-0.4, -0.2) is 36.8 Å². The summed E-state index contributed by atoms with van der Waals surface area (Å²) in [7, 11) is 0. The second-order valence-electron chi connectivity index (χ2n) is 4.73. The van der Waals surface area contributed by atoms with Crippen molar-refractivity contribution in [1.29, 1.82) is 0 Å². The fraction of sp³-hybridized carbons (Fsp3) is 0.0667. The summed E-state index contributed by atoms with van der Waals surface area (Å²) in [6.07, 6.45) is 0. The number of hydrogen-bond donors (Lipinski definition) is 1. The highest BCUT2D eigenvalue weighted by Gasteiger charge is 2.15. The lowest BCUT2D eigenvalue weighted by Gasteiger charge is -2.05. The Labute approximate surface area is 151 Å². The van der Waals surface area contributed by atoms with Gasteiger partial charge in [0.05, 0.1) is 16.5 Å². The van der Waals surface area contributed by atoms with E-state index in [2.05, 4.69) is 15.5 Å². The molecule has 0 saturated carbocycles. The molecule has 0 bridgehead atoms. The molecule has 0 aliphatic carbocycles. The van der Waals surface area contributed by atoms with Crippen molar-refractivity contribution >= 4 is 40.7 Å². The monoisotopic (exact) mass is 380 g/mol. The Hall–Kier alpha value is -2.09. The molecule has 24 heavy (non-hydrogen) atoms. The number of nitrogens with zero attached hydrogens (tertiary/aromatic N) is 4. The molecule has 6 nitrogen and oxygen atoms in total.